The van der Waals surface area contributed by atoms with Crippen molar-refractivity contribution in [2.24, 2.45) is 0 Å². The number of ether oxygens (including phenoxy) is 1. The summed E-state index contributed by atoms with van der Waals surface area (Å²) in [4.78, 5) is 2.27. The average molecular weight is 325 g/mol. The Hall–Kier alpha value is -3.26. The van der Waals surface area contributed by atoms with E-state index >= 15 is 0 Å². The van der Waals surface area contributed by atoms with Gasteiger partial charge in [0.1, 0.15) is 5.75 Å². The van der Waals surface area contributed by atoms with Gasteiger partial charge in [-0.1, -0.05) is 48.5 Å². The molecule has 0 N–H and O–H groups in total. The molecule has 0 spiro atoms. The number of hydrogen-bond donors (Lipinski definition) is 0. The second-order valence-corrected chi connectivity index (χ2v) is 5.90. The first-order valence-corrected chi connectivity index (χ1v) is 8.33. The van der Waals surface area contributed by atoms with Crippen molar-refractivity contribution in [1.82, 2.24) is 0 Å². The van der Waals surface area contributed by atoms with Crippen molar-refractivity contribution < 1.29 is 4.74 Å². The summed E-state index contributed by atoms with van der Waals surface area (Å²) in [6.45, 7) is 0. The van der Waals surface area contributed by atoms with E-state index in [9.17, 15) is 0 Å². The summed E-state index contributed by atoms with van der Waals surface area (Å²) in [6.07, 6.45) is 0. The summed E-state index contributed by atoms with van der Waals surface area (Å²) >= 11 is 0. The number of fused-ring (bicyclic) bond motifs is 1. The van der Waals surface area contributed by atoms with Crippen molar-refractivity contribution in [3.63, 3.8) is 0 Å². The minimum absolute atomic E-state index is 0.878. The fourth-order valence-electron chi connectivity index (χ4n) is 3.08. The standard InChI is InChI=1S/C23H19NO/c1-25-23-15-13-18-16-22(14-12-19(18)17-23)24(20-8-4-2-5-9-20)21-10-6-3-7-11-21/h2-17H,1H3. The Morgan fingerprint density at radius 1 is 0.560 bits per heavy atom. The van der Waals surface area contributed by atoms with Gasteiger partial charge in [0.15, 0.2) is 0 Å². The Bertz CT molecular complexity index is 941. The minimum Gasteiger partial charge on any atom is -0.497 e. The van der Waals surface area contributed by atoms with E-state index in [0.29, 0.717) is 0 Å². The van der Waals surface area contributed by atoms with Gasteiger partial charge in [0.25, 0.3) is 0 Å². The molecule has 0 aliphatic heterocycles. The normalized spacial score (nSPS) is 10.6. The van der Waals surface area contributed by atoms with Gasteiger partial charge < -0.3 is 9.64 Å². The van der Waals surface area contributed by atoms with Crippen LogP contribution >= 0.6 is 0 Å². The number of hydrogen-bond acceptors (Lipinski definition) is 2. The number of methoxy groups -OCH3 is 1. The van der Waals surface area contributed by atoms with Crippen LogP contribution in [0.25, 0.3) is 10.8 Å². The van der Waals surface area contributed by atoms with E-state index in [2.05, 4.69) is 83.8 Å². The van der Waals surface area contributed by atoms with Gasteiger partial charge in [-0.2, -0.15) is 0 Å². The maximum absolute atomic E-state index is 5.33. The van der Waals surface area contributed by atoms with Gasteiger partial charge in [0.2, 0.25) is 0 Å². The molecule has 0 amide bonds. The Morgan fingerprint density at radius 2 is 1.12 bits per heavy atom. The maximum Gasteiger partial charge on any atom is 0.119 e. The molecule has 0 radical (unpaired) electrons. The van der Waals surface area contributed by atoms with Gasteiger partial charge in [0, 0.05) is 17.1 Å². The van der Waals surface area contributed by atoms with E-state index in [1.807, 2.05) is 18.2 Å². The van der Waals surface area contributed by atoms with Crippen LogP contribution in [-0.2, 0) is 0 Å². The van der Waals surface area contributed by atoms with Crippen molar-refractivity contribution in [1.29, 1.82) is 0 Å². The summed E-state index contributed by atoms with van der Waals surface area (Å²) in [5.74, 6) is 0.878. The second kappa shape index (κ2) is 6.70. The zero-order valence-electron chi connectivity index (χ0n) is 14.1. The van der Waals surface area contributed by atoms with E-state index in [-0.39, 0.29) is 0 Å². The molecule has 0 heterocycles. The predicted molar refractivity (Wildman–Crippen MR) is 105 cm³/mol. The summed E-state index contributed by atoms with van der Waals surface area (Å²) < 4.78 is 5.33. The topological polar surface area (TPSA) is 12.5 Å². The van der Waals surface area contributed by atoms with Crippen LogP contribution in [0.2, 0.25) is 0 Å². The Kier molecular flexibility index (Phi) is 4.09. The lowest BCUT2D eigenvalue weighted by atomic mass is 10.1. The van der Waals surface area contributed by atoms with Crippen molar-refractivity contribution in [2.75, 3.05) is 12.0 Å². The number of nitrogens with zero attached hydrogens (tertiary/aromatic N) is 1. The average Bonchev–Trinajstić information content (AvgIpc) is 2.69. The van der Waals surface area contributed by atoms with Gasteiger partial charge >= 0.3 is 0 Å². The number of para-hydroxylation sites is 2. The van der Waals surface area contributed by atoms with Crippen LogP contribution in [0, 0.1) is 0 Å². The van der Waals surface area contributed by atoms with Gasteiger partial charge in [-0.25, -0.2) is 0 Å². The van der Waals surface area contributed by atoms with Crippen LogP contribution in [0.15, 0.2) is 97.1 Å². The lowest BCUT2D eigenvalue weighted by Gasteiger charge is -2.25. The SMILES string of the molecule is COc1ccc2cc(N(c3ccccc3)c3ccccc3)ccc2c1. The molecule has 2 heteroatoms. The third kappa shape index (κ3) is 3.07. The molecule has 4 aromatic rings. The van der Waals surface area contributed by atoms with Crippen LogP contribution in [0.1, 0.15) is 0 Å². The highest BCUT2D eigenvalue weighted by molar-refractivity contribution is 5.90. The summed E-state index contributed by atoms with van der Waals surface area (Å²) in [7, 11) is 1.70. The van der Waals surface area contributed by atoms with Crippen molar-refractivity contribution >= 4 is 27.8 Å². The molecule has 0 aromatic heterocycles. The predicted octanol–water partition coefficient (Wildman–Crippen LogP) is 6.32. The third-order valence-electron chi connectivity index (χ3n) is 4.32. The van der Waals surface area contributed by atoms with Crippen LogP contribution in [0.5, 0.6) is 5.75 Å². The van der Waals surface area contributed by atoms with E-state index in [1.54, 1.807) is 7.11 Å². The van der Waals surface area contributed by atoms with E-state index in [4.69, 9.17) is 4.74 Å². The van der Waals surface area contributed by atoms with Crippen molar-refractivity contribution in [2.45, 2.75) is 0 Å². The first kappa shape index (κ1) is 15.3. The second-order valence-electron chi connectivity index (χ2n) is 5.90. The summed E-state index contributed by atoms with van der Waals surface area (Å²) in [5.41, 5.74) is 3.41. The molecule has 25 heavy (non-hydrogen) atoms. The van der Waals surface area contributed by atoms with Crippen LogP contribution in [0.4, 0.5) is 17.1 Å². The number of anilines is 3. The first-order chi connectivity index (χ1) is 12.3. The highest BCUT2D eigenvalue weighted by atomic mass is 16.5. The van der Waals surface area contributed by atoms with Crippen LogP contribution in [0.3, 0.4) is 0 Å². The maximum atomic E-state index is 5.33. The molecule has 0 unspecified atom stereocenters. The lowest BCUT2D eigenvalue weighted by Crippen LogP contribution is -2.09. The number of benzene rings is 4. The fourth-order valence-corrected chi connectivity index (χ4v) is 3.08. The zero-order chi connectivity index (χ0) is 17.1. The highest BCUT2D eigenvalue weighted by Crippen LogP contribution is 2.36. The van der Waals surface area contributed by atoms with Crippen molar-refractivity contribution in [3.05, 3.63) is 97.1 Å². The summed E-state index contributed by atoms with van der Waals surface area (Å²) in [5, 5.41) is 2.36. The first-order valence-electron chi connectivity index (χ1n) is 8.33. The van der Waals surface area contributed by atoms with E-state index < -0.39 is 0 Å². The minimum atomic E-state index is 0.878. The highest BCUT2D eigenvalue weighted by Gasteiger charge is 2.12. The van der Waals surface area contributed by atoms with Gasteiger partial charge in [-0.05, 0) is 59.3 Å². The third-order valence-corrected chi connectivity index (χ3v) is 4.32. The van der Waals surface area contributed by atoms with Crippen LogP contribution in [-0.4, -0.2) is 7.11 Å². The molecule has 4 rings (SSSR count). The van der Waals surface area contributed by atoms with Crippen LogP contribution < -0.4 is 9.64 Å². The fraction of sp³-hybridized carbons (Fsp3) is 0.0435. The van der Waals surface area contributed by atoms with Gasteiger partial charge in [-0.3, -0.25) is 0 Å². The Labute approximate surface area is 147 Å². The molecular formula is C23H19NO. The largest absolute Gasteiger partial charge is 0.497 e. The van der Waals surface area contributed by atoms with Gasteiger partial charge in [0.05, 0.1) is 7.11 Å². The zero-order valence-corrected chi connectivity index (χ0v) is 14.1. The summed E-state index contributed by atoms with van der Waals surface area (Å²) in [6, 6.07) is 33.6. The molecule has 0 saturated carbocycles. The smallest absolute Gasteiger partial charge is 0.119 e. The molecule has 2 nitrogen and oxygen atoms in total. The number of rotatable bonds is 4. The van der Waals surface area contributed by atoms with Crippen molar-refractivity contribution in [3.8, 4) is 5.75 Å². The van der Waals surface area contributed by atoms with Gasteiger partial charge in [-0.15, -0.1) is 0 Å². The quantitative estimate of drug-likeness (QED) is 0.435. The van der Waals surface area contributed by atoms with E-state index in [0.717, 1.165) is 22.8 Å². The molecule has 0 atom stereocenters. The Morgan fingerprint density at radius 3 is 1.72 bits per heavy atom. The lowest BCUT2D eigenvalue weighted by molar-refractivity contribution is 0.415. The molecule has 0 saturated heterocycles. The molecule has 0 fully saturated rings. The monoisotopic (exact) mass is 325 g/mol. The Balaban J connectivity index is 1.86. The molecule has 122 valence electrons. The van der Waals surface area contributed by atoms with E-state index in [1.165, 1.54) is 10.8 Å². The molecule has 0 bridgehead atoms. The molecule has 4 aromatic carbocycles. The molecular weight excluding hydrogens is 306 g/mol. The molecule has 0 aliphatic rings. The molecule has 0 aliphatic carbocycles.